The van der Waals surface area contributed by atoms with Gasteiger partial charge in [0, 0.05) is 11.8 Å². The highest BCUT2D eigenvalue weighted by atomic mass is 32.2. The van der Waals surface area contributed by atoms with E-state index in [2.05, 4.69) is 0 Å². The van der Waals surface area contributed by atoms with E-state index < -0.39 is 15.9 Å². The maximum absolute atomic E-state index is 11.6. The van der Waals surface area contributed by atoms with E-state index in [1.807, 2.05) is 6.07 Å². The second kappa shape index (κ2) is 5.64. The van der Waals surface area contributed by atoms with Crippen molar-refractivity contribution in [2.24, 2.45) is 0 Å². The molecule has 1 unspecified atom stereocenters. The number of hydrogen-bond acceptors (Lipinski definition) is 4. The highest BCUT2D eigenvalue weighted by molar-refractivity contribution is 7.90. The van der Waals surface area contributed by atoms with Crippen molar-refractivity contribution in [3.05, 3.63) is 59.7 Å². The summed E-state index contributed by atoms with van der Waals surface area (Å²) in [5.41, 5.74) is 1.11. The van der Waals surface area contributed by atoms with Crippen molar-refractivity contribution < 1.29 is 18.3 Å². The number of methoxy groups -OCH3 is 1. The normalized spacial score (nSPS) is 12.9. The predicted octanol–water partition coefficient (Wildman–Crippen LogP) is 2.18. The zero-order chi connectivity index (χ0) is 14.8. The largest absolute Gasteiger partial charge is 0.496 e. The van der Waals surface area contributed by atoms with E-state index in [-0.39, 0.29) is 4.90 Å². The molecule has 0 heterocycles. The number of ether oxygens (including phenoxy) is 1. The molecule has 106 valence electrons. The molecule has 0 spiro atoms. The summed E-state index contributed by atoms with van der Waals surface area (Å²) in [5.74, 6) is 0.560. The van der Waals surface area contributed by atoms with E-state index in [0.717, 1.165) is 6.26 Å². The quantitative estimate of drug-likeness (QED) is 0.938. The minimum Gasteiger partial charge on any atom is -0.496 e. The lowest BCUT2D eigenvalue weighted by Crippen LogP contribution is -2.04. The summed E-state index contributed by atoms with van der Waals surface area (Å²) in [6, 6.07) is 13.4. The first-order valence-corrected chi connectivity index (χ1v) is 7.93. The summed E-state index contributed by atoms with van der Waals surface area (Å²) in [4.78, 5) is 0.184. The van der Waals surface area contributed by atoms with E-state index in [1.54, 1.807) is 30.3 Å². The monoisotopic (exact) mass is 292 g/mol. The predicted molar refractivity (Wildman–Crippen MR) is 76.6 cm³/mol. The molecule has 20 heavy (non-hydrogen) atoms. The molecule has 0 aliphatic heterocycles. The Hall–Kier alpha value is -1.85. The van der Waals surface area contributed by atoms with Crippen molar-refractivity contribution in [3.8, 4) is 5.75 Å². The van der Waals surface area contributed by atoms with Crippen molar-refractivity contribution in [3.63, 3.8) is 0 Å². The smallest absolute Gasteiger partial charge is 0.175 e. The number of benzene rings is 2. The van der Waals surface area contributed by atoms with Gasteiger partial charge in [-0.05, 0) is 23.8 Å². The Morgan fingerprint density at radius 1 is 1.10 bits per heavy atom. The zero-order valence-electron chi connectivity index (χ0n) is 11.3. The van der Waals surface area contributed by atoms with Crippen LogP contribution in [0.4, 0.5) is 0 Å². The molecule has 0 saturated carbocycles. The second-order valence-electron chi connectivity index (χ2n) is 4.49. The van der Waals surface area contributed by atoms with Crippen LogP contribution in [0.2, 0.25) is 0 Å². The maximum atomic E-state index is 11.6. The van der Waals surface area contributed by atoms with Gasteiger partial charge >= 0.3 is 0 Å². The minimum atomic E-state index is -3.30. The molecule has 1 atom stereocenters. The van der Waals surface area contributed by atoms with Gasteiger partial charge in [0.1, 0.15) is 11.9 Å². The highest BCUT2D eigenvalue weighted by Crippen LogP contribution is 2.30. The molecule has 2 aromatic rings. The maximum Gasteiger partial charge on any atom is 0.175 e. The Morgan fingerprint density at radius 3 is 2.45 bits per heavy atom. The van der Waals surface area contributed by atoms with E-state index in [9.17, 15) is 13.5 Å². The van der Waals surface area contributed by atoms with Crippen LogP contribution in [0.1, 0.15) is 17.2 Å². The van der Waals surface area contributed by atoms with Gasteiger partial charge in [-0.15, -0.1) is 0 Å². The van der Waals surface area contributed by atoms with E-state index in [1.165, 1.54) is 19.2 Å². The Bertz CT molecular complexity index is 707. The van der Waals surface area contributed by atoms with Crippen molar-refractivity contribution in [2.45, 2.75) is 11.0 Å². The van der Waals surface area contributed by atoms with Gasteiger partial charge in [0.15, 0.2) is 9.84 Å². The third-order valence-electron chi connectivity index (χ3n) is 3.04. The molecule has 1 N–H and O–H groups in total. The van der Waals surface area contributed by atoms with E-state index >= 15 is 0 Å². The van der Waals surface area contributed by atoms with Crippen LogP contribution in [0.15, 0.2) is 53.4 Å². The molecule has 0 radical (unpaired) electrons. The van der Waals surface area contributed by atoms with Crippen LogP contribution in [0.5, 0.6) is 5.75 Å². The lowest BCUT2D eigenvalue weighted by molar-refractivity contribution is 0.214. The van der Waals surface area contributed by atoms with Gasteiger partial charge in [-0.3, -0.25) is 0 Å². The number of aliphatic hydroxyl groups excluding tert-OH is 1. The second-order valence-corrected chi connectivity index (χ2v) is 6.50. The third-order valence-corrected chi connectivity index (χ3v) is 4.15. The summed E-state index contributed by atoms with van der Waals surface area (Å²) < 4.78 is 28.3. The van der Waals surface area contributed by atoms with E-state index in [0.29, 0.717) is 16.9 Å². The van der Waals surface area contributed by atoms with Gasteiger partial charge in [-0.25, -0.2) is 8.42 Å². The van der Waals surface area contributed by atoms with Crippen LogP contribution in [0.25, 0.3) is 0 Å². The van der Waals surface area contributed by atoms with Crippen molar-refractivity contribution in [1.82, 2.24) is 0 Å². The molecule has 2 rings (SSSR count). The molecule has 2 aromatic carbocycles. The molecule has 0 fully saturated rings. The number of para-hydroxylation sites is 1. The molecule has 4 nitrogen and oxygen atoms in total. The van der Waals surface area contributed by atoms with Crippen LogP contribution < -0.4 is 4.74 Å². The third kappa shape index (κ3) is 3.00. The Kier molecular flexibility index (Phi) is 4.11. The van der Waals surface area contributed by atoms with Gasteiger partial charge in [-0.2, -0.15) is 0 Å². The molecule has 0 aromatic heterocycles. The summed E-state index contributed by atoms with van der Waals surface area (Å²) >= 11 is 0. The van der Waals surface area contributed by atoms with Crippen molar-refractivity contribution in [1.29, 1.82) is 0 Å². The highest BCUT2D eigenvalue weighted by Gasteiger charge is 2.17. The Morgan fingerprint density at radius 2 is 1.80 bits per heavy atom. The molecule has 5 heteroatoms. The first-order valence-electron chi connectivity index (χ1n) is 6.04. The average Bonchev–Trinajstić information content (AvgIpc) is 2.45. The van der Waals surface area contributed by atoms with Crippen molar-refractivity contribution in [2.75, 3.05) is 13.4 Å². The summed E-state index contributed by atoms with van der Waals surface area (Å²) in [7, 11) is -1.77. The van der Waals surface area contributed by atoms with Gasteiger partial charge < -0.3 is 9.84 Å². The fraction of sp³-hybridized carbons (Fsp3) is 0.200. The molecular formula is C15H16O4S. The van der Waals surface area contributed by atoms with Crippen LogP contribution in [0.3, 0.4) is 0 Å². The van der Waals surface area contributed by atoms with Gasteiger partial charge in [0.2, 0.25) is 0 Å². The van der Waals surface area contributed by atoms with Crippen LogP contribution in [-0.4, -0.2) is 26.9 Å². The minimum absolute atomic E-state index is 0.184. The number of aliphatic hydroxyl groups is 1. The van der Waals surface area contributed by atoms with E-state index in [4.69, 9.17) is 4.74 Å². The lowest BCUT2D eigenvalue weighted by Gasteiger charge is -2.15. The first-order chi connectivity index (χ1) is 9.43. The summed E-state index contributed by atoms with van der Waals surface area (Å²) in [5, 5.41) is 10.4. The number of hydrogen-bond donors (Lipinski definition) is 1. The average molecular weight is 292 g/mol. The molecule has 0 bridgehead atoms. The Balaban J connectivity index is 2.46. The number of sulfone groups is 1. The molecule has 0 aliphatic carbocycles. The van der Waals surface area contributed by atoms with Crippen LogP contribution in [0, 0.1) is 0 Å². The Labute approximate surface area is 118 Å². The SMILES string of the molecule is COc1ccccc1C(O)c1cccc(S(C)(=O)=O)c1. The van der Waals surface area contributed by atoms with Gasteiger partial charge in [-0.1, -0.05) is 30.3 Å². The van der Waals surface area contributed by atoms with Crippen molar-refractivity contribution >= 4 is 9.84 Å². The van der Waals surface area contributed by atoms with Crippen LogP contribution in [-0.2, 0) is 9.84 Å². The fourth-order valence-corrected chi connectivity index (χ4v) is 2.66. The zero-order valence-corrected chi connectivity index (χ0v) is 12.1. The lowest BCUT2D eigenvalue weighted by atomic mass is 10.0. The molecule has 0 aliphatic rings. The summed E-state index contributed by atoms with van der Waals surface area (Å²) in [6.45, 7) is 0. The topological polar surface area (TPSA) is 63.6 Å². The number of rotatable bonds is 4. The van der Waals surface area contributed by atoms with Gasteiger partial charge in [0.25, 0.3) is 0 Å². The standard InChI is InChI=1S/C15H16O4S/c1-19-14-9-4-3-8-13(14)15(16)11-6-5-7-12(10-11)20(2,17)18/h3-10,15-16H,1-2H3. The van der Waals surface area contributed by atoms with Gasteiger partial charge in [0.05, 0.1) is 12.0 Å². The fourth-order valence-electron chi connectivity index (χ4n) is 1.99. The molecular weight excluding hydrogens is 276 g/mol. The molecule has 0 amide bonds. The van der Waals surface area contributed by atoms with Crippen LogP contribution >= 0.6 is 0 Å². The summed E-state index contributed by atoms with van der Waals surface area (Å²) in [6.07, 6.45) is 0.203. The molecule has 0 saturated heterocycles. The first kappa shape index (κ1) is 14.6.